The average molecular weight is 260 g/mol. The maximum Gasteiger partial charge on any atom is 0.0830 e. The topological polar surface area (TPSA) is 9.23 Å². The number of methoxy groups -OCH3 is 1. The first-order chi connectivity index (χ1) is 9.88. The molecule has 0 aliphatic heterocycles. The van der Waals surface area contributed by atoms with E-state index in [0.29, 0.717) is 0 Å². The third-order valence-corrected chi connectivity index (χ3v) is 3.40. The van der Waals surface area contributed by atoms with Crippen LogP contribution in [0.1, 0.15) is 5.56 Å². The number of benzene rings is 3. The van der Waals surface area contributed by atoms with Gasteiger partial charge in [-0.1, -0.05) is 60.7 Å². The summed E-state index contributed by atoms with van der Waals surface area (Å²) in [5.41, 5.74) is 3.59. The number of fused-ring (bicyclic) bond motifs is 1. The Kier molecular flexibility index (Phi) is 3.51. The third-order valence-electron chi connectivity index (χ3n) is 3.40. The molecule has 3 rings (SSSR count). The Morgan fingerprint density at radius 2 is 1.55 bits per heavy atom. The van der Waals surface area contributed by atoms with Gasteiger partial charge in [-0.25, -0.2) is 0 Å². The second-order valence-corrected chi connectivity index (χ2v) is 4.69. The third kappa shape index (κ3) is 2.43. The van der Waals surface area contributed by atoms with Crippen LogP contribution in [0.2, 0.25) is 0 Å². The highest BCUT2D eigenvalue weighted by atomic mass is 16.5. The second-order valence-electron chi connectivity index (χ2n) is 4.69. The minimum absolute atomic E-state index is 1.16. The predicted molar refractivity (Wildman–Crippen MR) is 85.4 cm³/mol. The highest BCUT2D eigenvalue weighted by Gasteiger charge is 2.03. The van der Waals surface area contributed by atoms with E-state index < -0.39 is 0 Å². The molecule has 1 heteroatoms. The molecule has 0 spiro atoms. The van der Waals surface area contributed by atoms with Crippen molar-refractivity contribution >= 4 is 16.8 Å². The lowest BCUT2D eigenvalue weighted by Crippen LogP contribution is -1.83. The molecule has 0 N–H and O–H groups in total. The van der Waals surface area contributed by atoms with E-state index >= 15 is 0 Å². The van der Waals surface area contributed by atoms with Gasteiger partial charge in [0.2, 0.25) is 0 Å². The zero-order chi connectivity index (χ0) is 13.8. The molecule has 0 fully saturated rings. The Hall–Kier alpha value is -2.54. The van der Waals surface area contributed by atoms with E-state index in [4.69, 9.17) is 4.74 Å². The SMILES string of the molecule is CO/C=C/c1ccccc1-c1ccc2ccccc2c1. The molecule has 98 valence electrons. The van der Waals surface area contributed by atoms with Crippen LogP contribution in [0.5, 0.6) is 0 Å². The quantitative estimate of drug-likeness (QED) is 0.594. The minimum atomic E-state index is 1.16. The highest BCUT2D eigenvalue weighted by molar-refractivity contribution is 5.88. The van der Waals surface area contributed by atoms with Gasteiger partial charge in [0.05, 0.1) is 13.4 Å². The Bertz CT molecular complexity index is 756. The summed E-state index contributed by atoms with van der Waals surface area (Å²) in [4.78, 5) is 0. The molecular formula is C19H16O. The van der Waals surface area contributed by atoms with Crippen LogP contribution in [0.15, 0.2) is 73.0 Å². The van der Waals surface area contributed by atoms with Gasteiger partial charge in [-0.2, -0.15) is 0 Å². The molecule has 0 amide bonds. The largest absolute Gasteiger partial charge is 0.504 e. The van der Waals surface area contributed by atoms with Crippen LogP contribution in [0.25, 0.3) is 28.0 Å². The molecule has 0 atom stereocenters. The summed E-state index contributed by atoms with van der Waals surface area (Å²) in [6.07, 6.45) is 3.70. The summed E-state index contributed by atoms with van der Waals surface area (Å²) < 4.78 is 5.03. The zero-order valence-corrected chi connectivity index (χ0v) is 11.4. The summed E-state index contributed by atoms with van der Waals surface area (Å²) in [5, 5.41) is 2.52. The van der Waals surface area contributed by atoms with Gasteiger partial charge in [0.25, 0.3) is 0 Å². The van der Waals surface area contributed by atoms with Crippen LogP contribution in [0.3, 0.4) is 0 Å². The van der Waals surface area contributed by atoms with E-state index in [-0.39, 0.29) is 0 Å². The Balaban J connectivity index is 2.13. The monoisotopic (exact) mass is 260 g/mol. The fourth-order valence-corrected chi connectivity index (χ4v) is 2.40. The minimum Gasteiger partial charge on any atom is -0.504 e. The van der Waals surface area contributed by atoms with E-state index in [9.17, 15) is 0 Å². The zero-order valence-electron chi connectivity index (χ0n) is 11.4. The molecular weight excluding hydrogens is 244 g/mol. The molecule has 0 bridgehead atoms. The van der Waals surface area contributed by atoms with Crippen molar-refractivity contribution in [2.75, 3.05) is 7.11 Å². The first-order valence-electron chi connectivity index (χ1n) is 6.66. The summed E-state index contributed by atoms with van der Waals surface area (Å²) in [7, 11) is 1.66. The van der Waals surface area contributed by atoms with Gasteiger partial charge in [-0.15, -0.1) is 0 Å². The Labute approximate surface area is 119 Å². The summed E-state index contributed by atoms with van der Waals surface area (Å²) in [6, 6.07) is 23.3. The van der Waals surface area contributed by atoms with Crippen molar-refractivity contribution in [3.05, 3.63) is 78.6 Å². The maximum atomic E-state index is 5.03. The standard InChI is InChI=1S/C19H16O/c1-20-13-12-16-7-4-5-9-19(16)18-11-10-15-6-2-3-8-17(15)14-18/h2-14H,1H3/b13-12+. The van der Waals surface area contributed by atoms with Gasteiger partial charge in [-0.3, -0.25) is 0 Å². The van der Waals surface area contributed by atoms with E-state index in [2.05, 4.69) is 60.7 Å². The first-order valence-corrected chi connectivity index (χ1v) is 6.66. The molecule has 3 aromatic rings. The number of ether oxygens (including phenoxy) is 1. The Morgan fingerprint density at radius 1 is 0.800 bits per heavy atom. The van der Waals surface area contributed by atoms with Crippen molar-refractivity contribution in [2.45, 2.75) is 0 Å². The predicted octanol–water partition coefficient (Wildman–Crippen LogP) is 5.12. The van der Waals surface area contributed by atoms with Gasteiger partial charge in [-0.05, 0) is 39.6 Å². The molecule has 20 heavy (non-hydrogen) atoms. The van der Waals surface area contributed by atoms with E-state index in [1.54, 1.807) is 13.4 Å². The molecule has 0 aromatic heterocycles. The van der Waals surface area contributed by atoms with Crippen molar-refractivity contribution in [2.24, 2.45) is 0 Å². The fourth-order valence-electron chi connectivity index (χ4n) is 2.40. The summed E-state index contributed by atoms with van der Waals surface area (Å²) >= 11 is 0. The second kappa shape index (κ2) is 5.62. The number of rotatable bonds is 3. The molecule has 0 saturated heterocycles. The summed E-state index contributed by atoms with van der Waals surface area (Å²) in [6.45, 7) is 0. The lowest BCUT2D eigenvalue weighted by Gasteiger charge is -2.08. The van der Waals surface area contributed by atoms with Gasteiger partial charge in [0.15, 0.2) is 0 Å². The molecule has 0 saturated carbocycles. The fraction of sp³-hybridized carbons (Fsp3) is 0.0526. The molecule has 1 nitrogen and oxygen atoms in total. The van der Waals surface area contributed by atoms with Crippen LogP contribution < -0.4 is 0 Å². The van der Waals surface area contributed by atoms with Gasteiger partial charge >= 0.3 is 0 Å². The van der Waals surface area contributed by atoms with E-state index in [1.165, 1.54) is 21.9 Å². The molecule has 0 aliphatic carbocycles. The van der Waals surface area contributed by atoms with Crippen LogP contribution in [0, 0.1) is 0 Å². The molecule has 0 unspecified atom stereocenters. The maximum absolute atomic E-state index is 5.03. The number of hydrogen-bond donors (Lipinski definition) is 0. The van der Waals surface area contributed by atoms with Gasteiger partial charge in [0.1, 0.15) is 0 Å². The van der Waals surface area contributed by atoms with E-state index in [1.807, 2.05) is 12.1 Å². The lowest BCUT2D eigenvalue weighted by molar-refractivity contribution is 0.341. The van der Waals surface area contributed by atoms with Crippen LogP contribution in [-0.2, 0) is 4.74 Å². The van der Waals surface area contributed by atoms with Crippen molar-refractivity contribution in [1.82, 2.24) is 0 Å². The van der Waals surface area contributed by atoms with Crippen molar-refractivity contribution in [1.29, 1.82) is 0 Å². The molecule has 3 aromatic carbocycles. The van der Waals surface area contributed by atoms with Crippen LogP contribution in [-0.4, -0.2) is 7.11 Å². The van der Waals surface area contributed by atoms with Crippen molar-refractivity contribution in [3.8, 4) is 11.1 Å². The lowest BCUT2D eigenvalue weighted by atomic mass is 9.97. The van der Waals surface area contributed by atoms with E-state index in [0.717, 1.165) is 5.56 Å². The molecule has 0 heterocycles. The Morgan fingerprint density at radius 3 is 2.40 bits per heavy atom. The van der Waals surface area contributed by atoms with Crippen LogP contribution >= 0.6 is 0 Å². The van der Waals surface area contributed by atoms with Gasteiger partial charge < -0.3 is 4.74 Å². The smallest absolute Gasteiger partial charge is 0.0830 e. The van der Waals surface area contributed by atoms with Crippen LogP contribution in [0.4, 0.5) is 0 Å². The summed E-state index contributed by atoms with van der Waals surface area (Å²) in [5.74, 6) is 0. The molecule has 0 radical (unpaired) electrons. The molecule has 0 aliphatic rings. The van der Waals surface area contributed by atoms with Crippen molar-refractivity contribution in [3.63, 3.8) is 0 Å². The normalized spacial score (nSPS) is 11.1. The number of hydrogen-bond acceptors (Lipinski definition) is 1. The average Bonchev–Trinajstić information content (AvgIpc) is 2.53. The highest BCUT2D eigenvalue weighted by Crippen LogP contribution is 2.28. The van der Waals surface area contributed by atoms with Gasteiger partial charge in [0, 0.05) is 0 Å². The first kappa shape index (κ1) is 12.5. The van der Waals surface area contributed by atoms with Crippen molar-refractivity contribution < 1.29 is 4.74 Å².